The lowest BCUT2D eigenvalue weighted by molar-refractivity contribution is 0.603. The van der Waals surface area contributed by atoms with Gasteiger partial charge in [0.25, 0.3) is 10.0 Å². The molecule has 0 saturated carbocycles. The fourth-order valence-electron chi connectivity index (χ4n) is 1.29. The SMILES string of the molecule is N#Cc1ccc(S(=O)(=O)Nc2ccc(Cl)c(F)c2)s1. The summed E-state index contributed by atoms with van der Waals surface area (Å²) in [5, 5.41) is 8.56. The van der Waals surface area contributed by atoms with Crippen molar-refractivity contribution in [3.63, 3.8) is 0 Å². The summed E-state index contributed by atoms with van der Waals surface area (Å²) in [7, 11) is -3.82. The number of thiophene rings is 1. The van der Waals surface area contributed by atoms with E-state index >= 15 is 0 Å². The number of halogens is 2. The Morgan fingerprint density at radius 3 is 2.63 bits per heavy atom. The molecular formula is C11H6ClFN2O2S2. The molecular weight excluding hydrogens is 311 g/mol. The van der Waals surface area contributed by atoms with Gasteiger partial charge in [-0.2, -0.15) is 5.26 Å². The lowest BCUT2D eigenvalue weighted by Gasteiger charge is -2.06. The largest absolute Gasteiger partial charge is 0.279 e. The third-order valence-corrected chi connectivity index (χ3v) is 5.30. The van der Waals surface area contributed by atoms with Gasteiger partial charge >= 0.3 is 0 Å². The van der Waals surface area contributed by atoms with Gasteiger partial charge in [-0.05, 0) is 30.3 Å². The molecule has 0 radical (unpaired) electrons. The van der Waals surface area contributed by atoms with Crippen LogP contribution in [-0.4, -0.2) is 8.42 Å². The second kappa shape index (κ2) is 5.17. The zero-order valence-electron chi connectivity index (χ0n) is 9.22. The number of nitriles is 1. The van der Waals surface area contributed by atoms with Crippen LogP contribution in [0.2, 0.25) is 5.02 Å². The molecule has 0 aliphatic heterocycles. The Bertz CT molecular complexity index is 765. The van der Waals surface area contributed by atoms with Crippen LogP contribution in [0.1, 0.15) is 4.88 Å². The van der Waals surface area contributed by atoms with Crippen LogP contribution in [0.3, 0.4) is 0 Å². The number of hydrogen-bond donors (Lipinski definition) is 1. The summed E-state index contributed by atoms with van der Waals surface area (Å²) in [6, 6.07) is 8.16. The highest BCUT2D eigenvalue weighted by molar-refractivity contribution is 7.94. The second-order valence-corrected chi connectivity index (χ2v) is 6.87. The Labute approximate surface area is 118 Å². The van der Waals surface area contributed by atoms with Crippen LogP contribution in [-0.2, 0) is 10.0 Å². The highest BCUT2D eigenvalue weighted by Gasteiger charge is 2.17. The summed E-state index contributed by atoms with van der Waals surface area (Å²) in [6.07, 6.45) is 0. The van der Waals surface area contributed by atoms with E-state index in [-0.39, 0.29) is 19.8 Å². The van der Waals surface area contributed by atoms with E-state index in [9.17, 15) is 12.8 Å². The summed E-state index contributed by atoms with van der Waals surface area (Å²) >= 11 is 6.34. The minimum Gasteiger partial charge on any atom is -0.279 e. The Morgan fingerprint density at radius 1 is 1.32 bits per heavy atom. The Balaban J connectivity index is 2.31. The second-order valence-electron chi connectivity index (χ2n) is 3.46. The fourth-order valence-corrected chi connectivity index (χ4v) is 3.56. The third-order valence-electron chi connectivity index (χ3n) is 2.13. The van der Waals surface area contributed by atoms with Crippen molar-refractivity contribution in [2.24, 2.45) is 0 Å². The van der Waals surface area contributed by atoms with Crippen LogP contribution in [0.4, 0.5) is 10.1 Å². The lowest BCUT2D eigenvalue weighted by Crippen LogP contribution is -2.11. The van der Waals surface area contributed by atoms with E-state index in [1.54, 1.807) is 0 Å². The predicted molar refractivity (Wildman–Crippen MR) is 71.3 cm³/mol. The smallest absolute Gasteiger partial charge is 0.271 e. The quantitative estimate of drug-likeness (QED) is 0.945. The van der Waals surface area contributed by atoms with Crippen LogP contribution in [0, 0.1) is 17.1 Å². The first-order chi connectivity index (χ1) is 8.92. The van der Waals surface area contributed by atoms with E-state index in [4.69, 9.17) is 16.9 Å². The van der Waals surface area contributed by atoms with Crippen molar-refractivity contribution < 1.29 is 12.8 Å². The van der Waals surface area contributed by atoms with Crippen LogP contribution < -0.4 is 4.72 Å². The highest BCUT2D eigenvalue weighted by atomic mass is 35.5. The first kappa shape index (κ1) is 13.8. The van der Waals surface area contributed by atoms with Crippen molar-refractivity contribution in [1.82, 2.24) is 0 Å². The zero-order valence-corrected chi connectivity index (χ0v) is 11.6. The number of rotatable bonds is 3. The molecule has 0 fully saturated rings. The van der Waals surface area contributed by atoms with Gasteiger partial charge in [0, 0.05) is 0 Å². The molecule has 0 spiro atoms. The average molecular weight is 317 g/mol. The van der Waals surface area contributed by atoms with Gasteiger partial charge in [-0.1, -0.05) is 11.6 Å². The maximum atomic E-state index is 13.2. The van der Waals surface area contributed by atoms with E-state index in [0.717, 1.165) is 17.4 Å². The molecule has 0 amide bonds. The number of benzene rings is 1. The summed E-state index contributed by atoms with van der Waals surface area (Å²) in [6.45, 7) is 0. The van der Waals surface area contributed by atoms with Gasteiger partial charge < -0.3 is 0 Å². The molecule has 4 nitrogen and oxygen atoms in total. The third kappa shape index (κ3) is 3.04. The molecule has 98 valence electrons. The number of nitrogens with one attached hydrogen (secondary N) is 1. The van der Waals surface area contributed by atoms with Crippen LogP contribution in [0.15, 0.2) is 34.5 Å². The molecule has 2 rings (SSSR count). The monoisotopic (exact) mass is 316 g/mol. The van der Waals surface area contributed by atoms with Gasteiger partial charge in [-0.3, -0.25) is 4.72 Å². The molecule has 1 aromatic carbocycles. The van der Waals surface area contributed by atoms with Crippen molar-refractivity contribution in [3.8, 4) is 6.07 Å². The summed E-state index contributed by atoms with van der Waals surface area (Å²) < 4.78 is 39.3. The van der Waals surface area contributed by atoms with Gasteiger partial charge in [-0.15, -0.1) is 11.3 Å². The molecule has 0 aliphatic carbocycles. The van der Waals surface area contributed by atoms with E-state index < -0.39 is 15.8 Å². The van der Waals surface area contributed by atoms with Crippen LogP contribution in [0.5, 0.6) is 0 Å². The maximum absolute atomic E-state index is 13.2. The molecule has 0 atom stereocenters. The molecule has 1 aromatic heterocycles. The average Bonchev–Trinajstić information content (AvgIpc) is 2.83. The molecule has 2 aromatic rings. The topological polar surface area (TPSA) is 70.0 Å². The van der Waals surface area contributed by atoms with Crippen molar-refractivity contribution in [2.75, 3.05) is 4.72 Å². The minimum absolute atomic E-state index is 0.0144. The van der Waals surface area contributed by atoms with Crippen molar-refractivity contribution in [2.45, 2.75) is 4.21 Å². The first-order valence-electron chi connectivity index (χ1n) is 4.90. The number of nitrogens with zero attached hydrogens (tertiary/aromatic N) is 1. The summed E-state index contributed by atoms with van der Waals surface area (Å²) in [5.41, 5.74) is 0.0637. The van der Waals surface area contributed by atoms with Gasteiger partial charge in [-0.25, -0.2) is 12.8 Å². The van der Waals surface area contributed by atoms with Crippen molar-refractivity contribution in [1.29, 1.82) is 5.26 Å². The molecule has 0 bridgehead atoms. The minimum atomic E-state index is -3.82. The molecule has 8 heteroatoms. The van der Waals surface area contributed by atoms with Crippen molar-refractivity contribution in [3.05, 3.63) is 46.0 Å². The lowest BCUT2D eigenvalue weighted by atomic mass is 10.3. The molecule has 0 aliphatic rings. The molecule has 0 unspecified atom stereocenters. The standard InChI is InChI=1S/C11H6ClFN2O2S2/c12-9-3-1-7(5-10(9)13)15-19(16,17)11-4-2-8(6-14)18-11/h1-5,15H. The van der Waals surface area contributed by atoms with Gasteiger partial charge in [0.15, 0.2) is 0 Å². The molecule has 19 heavy (non-hydrogen) atoms. The van der Waals surface area contributed by atoms with Crippen molar-refractivity contribution >= 4 is 38.6 Å². The maximum Gasteiger partial charge on any atom is 0.271 e. The van der Waals surface area contributed by atoms with Gasteiger partial charge in [0.05, 0.1) is 10.7 Å². The fraction of sp³-hybridized carbons (Fsp3) is 0. The molecule has 0 saturated heterocycles. The Morgan fingerprint density at radius 2 is 2.05 bits per heavy atom. The van der Waals surface area contributed by atoms with E-state index in [0.29, 0.717) is 0 Å². The zero-order chi connectivity index (χ0) is 14.0. The molecule has 1 heterocycles. The van der Waals surface area contributed by atoms with Crippen LogP contribution >= 0.6 is 22.9 Å². The predicted octanol–water partition coefficient (Wildman–Crippen LogP) is 3.21. The normalized spacial score (nSPS) is 11.0. The Hall–Kier alpha value is -1.62. The molecule has 1 N–H and O–H groups in total. The van der Waals surface area contributed by atoms with E-state index in [2.05, 4.69) is 4.72 Å². The summed E-state index contributed by atoms with van der Waals surface area (Å²) in [4.78, 5) is 0.280. The number of hydrogen-bond acceptors (Lipinski definition) is 4. The van der Waals surface area contributed by atoms with Gasteiger partial charge in [0.1, 0.15) is 21.0 Å². The van der Waals surface area contributed by atoms with E-state index in [1.165, 1.54) is 24.3 Å². The van der Waals surface area contributed by atoms with Gasteiger partial charge in [0.2, 0.25) is 0 Å². The first-order valence-corrected chi connectivity index (χ1v) is 7.58. The Kier molecular flexibility index (Phi) is 3.75. The number of sulfonamides is 1. The summed E-state index contributed by atoms with van der Waals surface area (Å²) in [5.74, 6) is -0.717. The van der Waals surface area contributed by atoms with Crippen LogP contribution in [0.25, 0.3) is 0 Å². The number of anilines is 1. The highest BCUT2D eigenvalue weighted by Crippen LogP contribution is 2.25. The van der Waals surface area contributed by atoms with E-state index in [1.807, 2.05) is 6.07 Å².